The van der Waals surface area contributed by atoms with Gasteiger partial charge >= 0.3 is 0 Å². The first kappa shape index (κ1) is 10.2. The van der Waals surface area contributed by atoms with Gasteiger partial charge in [0.2, 0.25) is 0 Å². The van der Waals surface area contributed by atoms with Crippen LogP contribution in [-0.4, -0.2) is 30.5 Å². The van der Waals surface area contributed by atoms with E-state index < -0.39 is 0 Å². The Labute approximate surface area is 87.4 Å². The molecule has 2 heterocycles. The minimum atomic E-state index is -0.0577. The van der Waals surface area contributed by atoms with Crippen LogP contribution in [-0.2, 0) is 16.0 Å². The molecule has 0 aliphatic carbocycles. The summed E-state index contributed by atoms with van der Waals surface area (Å²) in [6.07, 6.45) is 1.82. The topological polar surface area (TPSA) is 66.5 Å². The Balaban J connectivity index is 1.86. The quantitative estimate of drug-likeness (QED) is 0.750. The molecule has 1 saturated heterocycles. The van der Waals surface area contributed by atoms with Crippen molar-refractivity contribution in [1.82, 2.24) is 4.57 Å². The number of ether oxygens (including phenoxy) is 2. The number of nitrogen functional groups attached to an aromatic ring is 1. The van der Waals surface area contributed by atoms with Crippen molar-refractivity contribution >= 4 is 5.69 Å². The van der Waals surface area contributed by atoms with Crippen LogP contribution < -0.4 is 11.3 Å². The van der Waals surface area contributed by atoms with Gasteiger partial charge < -0.3 is 19.8 Å². The number of hydrogen-bond acceptors (Lipinski definition) is 4. The van der Waals surface area contributed by atoms with E-state index in [1.165, 1.54) is 6.07 Å². The third-order valence-electron chi connectivity index (χ3n) is 2.30. The maximum atomic E-state index is 11.4. The van der Waals surface area contributed by atoms with Gasteiger partial charge in [-0.3, -0.25) is 4.79 Å². The summed E-state index contributed by atoms with van der Waals surface area (Å²) in [6.45, 7) is 2.36. The van der Waals surface area contributed by atoms with Crippen LogP contribution in [0.15, 0.2) is 23.1 Å². The van der Waals surface area contributed by atoms with Gasteiger partial charge in [0, 0.05) is 24.5 Å². The van der Waals surface area contributed by atoms with Gasteiger partial charge in [-0.25, -0.2) is 0 Å². The average molecular weight is 210 g/mol. The molecule has 0 amide bonds. The van der Waals surface area contributed by atoms with Gasteiger partial charge in [-0.1, -0.05) is 0 Å². The lowest BCUT2D eigenvalue weighted by molar-refractivity contribution is -0.130. The standard InChI is InChI=1S/C10H14N2O3/c11-8-1-2-10(13)12(5-8)3-4-15-9-6-14-7-9/h1-2,5,9H,3-4,6-7,11H2. The first-order valence-electron chi connectivity index (χ1n) is 4.91. The third kappa shape index (κ3) is 2.57. The molecule has 15 heavy (non-hydrogen) atoms. The zero-order valence-corrected chi connectivity index (χ0v) is 8.39. The van der Waals surface area contributed by atoms with Crippen LogP contribution in [0.4, 0.5) is 5.69 Å². The van der Waals surface area contributed by atoms with Crippen molar-refractivity contribution in [2.75, 3.05) is 25.6 Å². The fourth-order valence-corrected chi connectivity index (χ4v) is 1.35. The van der Waals surface area contributed by atoms with Crippen LogP contribution in [0.2, 0.25) is 0 Å². The van der Waals surface area contributed by atoms with Gasteiger partial charge in [-0.2, -0.15) is 0 Å². The maximum absolute atomic E-state index is 11.4. The lowest BCUT2D eigenvalue weighted by Crippen LogP contribution is -2.37. The Bertz CT molecular complexity index is 384. The molecule has 0 radical (unpaired) electrons. The molecule has 0 aromatic carbocycles. The highest BCUT2D eigenvalue weighted by Crippen LogP contribution is 2.05. The van der Waals surface area contributed by atoms with E-state index in [0.717, 1.165) is 0 Å². The predicted molar refractivity (Wildman–Crippen MR) is 55.7 cm³/mol. The lowest BCUT2D eigenvalue weighted by atomic mass is 10.3. The SMILES string of the molecule is Nc1ccc(=O)n(CCOC2COC2)c1. The molecule has 2 N–H and O–H groups in total. The molecule has 5 heteroatoms. The number of hydrogen-bond donors (Lipinski definition) is 1. The van der Waals surface area contributed by atoms with Crippen molar-refractivity contribution in [3.8, 4) is 0 Å². The van der Waals surface area contributed by atoms with Crippen molar-refractivity contribution in [3.05, 3.63) is 28.7 Å². The monoisotopic (exact) mass is 210 g/mol. The molecule has 0 saturated carbocycles. The van der Waals surface area contributed by atoms with Crippen LogP contribution in [0.5, 0.6) is 0 Å². The molecular weight excluding hydrogens is 196 g/mol. The van der Waals surface area contributed by atoms with Crippen molar-refractivity contribution in [1.29, 1.82) is 0 Å². The fraction of sp³-hybridized carbons (Fsp3) is 0.500. The molecule has 0 unspecified atom stereocenters. The Kier molecular flexibility index (Phi) is 3.03. The van der Waals surface area contributed by atoms with E-state index in [1.807, 2.05) is 0 Å². The number of aromatic nitrogens is 1. The van der Waals surface area contributed by atoms with Gasteiger partial charge in [-0.15, -0.1) is 0 Å². The van der Waals surface area contributed by atoms with Crippen molar-refractivity contribution < 1.29 is 9.47 Å². The summed E-state index contributed by atoms with van der Waals surface area (Å²) in [5.41, 5.74) is 6.10. The Morgan fingerprint density at radius 1 is 1.53 bits per heavy atom. The summed E-state index contributed by atoms with van der Waals surface area (Å²) in [6, 6.07) is 3.06. The van der Waals surface area contributed by atoms with Crippen molar-refractivity contribution in [2.45, 2.75) is 12.6 Å². The Morgan fingerprint density at radius 3 is 3.00 bits per heavy atom. The van der Waals surface area contributed by atoms with Crippen LogP contribution in [0, 0.1) is 0 Å². The van der Waals surface area contributed by atoms with Gasteiger partial charge in [0.15, 0.2) is 0 Å². The molecule has 2 rings (SSSR count). The molecule has 1 aromatic heterocycles. The molecule has 0 bridgehead atoms. The third-order valence-corrected chi connectivity index (χ3v) is 2.30. The van der Waals surface area contributed by atoms with E-state index in [0.29, 0.717) is 32.1 Å². The Morgan fingerprint density at radius 2 is 2.33 bits per heavy atom. The van der Waals surface area contributed by atoms with Gasteiger partial charge in [0.25, 0.3) is 5.56 Å². The van der Waals surface area contributed by atoms with E-state index in [9.17, 15) is 4.79 Å². The highest BCUT2D eigenvalue weighted by atomic mass is 16.6. The molecule has 82 valence electrons. The highest BCUT2D eigenvalue weighted by molar-refractivity contribution is 5.33. The van der Waals surface area contributed by atoms with Crippen molar-refractivity contribution in [2.24, 2.45) is 0 Å². The summed E-state index contributed by atoms with van der Waals surface area (Å²) in [7, 11) is 0. The largest absolute Gasteiger partial charge is 0.398 e. The van der Waals surface area contributed by atoms with Gasteiger partial charge in [-0.05, 0) is 6.07 Å². The number of anilines is 1. The van der Waals surface area contributed by atoms with E-state index in [-0.39, 0.29) is 11.7 Å². The zero-order chi connectivity index (χ0) is 10.7. The van der Waals surface area contributed by atoms with E-state index in [1.54, 1.807) is 16.8 Å². The second-order valence-corrected chi connectivity index (χ2v) is 3.52. The Hall–Kier alpha value is -1.33. The second kappa shape index (κ2) is 4.46. The molecule has 0 atom stereocenters. The number of nitrogens with zero attached hydrogens (tertiary/aromatic N) is 1. The zero-order valence-electron chi connectivity index (χ0n) is 8.39. The fourth-order valence-electron chi connectivity index (χ4n) is 1.35. The molecule has 1 aliphatic heterocycles. The minimum Gasteiger partial charge on any atom is -0.398 e. The first-order chi connectivity index (χ1) is 7.25. The molecule has 1 aliphatic rings. The van der Waals surface area contributed by atoms with Crippen LogP contribution in [0.3, 0.4) is 0 Å². The van der Waals surface area contributed by atoms with Crippen LogP contribution >= 0.6 is 0 Å². The van der Waals surface area contributed by atoms with E-state index in [4.69, 9.17) is 15.2 Å². The predicted octanol–water partition coefficient (Wildman–Crippen LogP) is -0.154. The van der Waals surface area contributed by atoms with Gasteiger partial charge in [0.05, 0.1) is 19.8 Å². The first-order valence-corrected chi connectivity index (χ1v) is 4.91. The number of nitrogens with two attached hydrogens (primary N) is 1. The summed E-state index contributed by atoms with van der Waals surface area (Å²) in [4.78, 5) is 11.4. The molecule has 5 nitrogen and oxygen atoms in total. The van der Waals surface area contributed by atoms with Crippen LogP contribution in [0.1, 0.15) is 0 Å². The molecule has 1 fully saturated rings. The van der Waals surface area contributed by atoms with E-state index in [2.05, 4.69) is 0 Å². The smallest absolute Gasteiger partial charge is 0.250 e. The van der Waals surface area contributed by atoms with Gasteiger partial charge in [0.1, 0.15) is 6.10 Å². The number of pyridine rings is 1. The molecule has 0 spiro atoms. The second-order valence-electron chi connectivity index (χ2n) is 3.52. The summed E-state index contributed by atoms with van der Waals surface area (Å²) < 4.78 is 12.0. The number of rotatable bonds is 4. The normalized spacial score (nSPS) is 16.3. The summed E-state index contributed by atoms with van der Waals surface area (Å²) in [5.74, 6) is 0. The minimum absolute atomic E-state index is 0.0577. The average Bonchev–Trinajstić information content (AvgIpc) is 2.15. The van der Waals surface area contributed by atoms with Crippen molar-refractivity contribution in [3.63, 3.8) is 0 Å². The van der Waals surface area contributed by atoms with E-state index >= 15 is 0 Å². The highest BCUT2D eigenvalue weighted by Gasteiger charge is 2.18. The lowest BCUT2D eigenvalue weighted by Gasteiger charge is -2.26. The van der Waals surface area contributed by atoms with Crippen LogP contribution in [0.25, 0.3) is 0 Å². The summed E-state index contributed by atoms with van der Waals surface area (Å²) >= 11 is 0. The summed E-state index contributed by atoms with van der Waals surface area (Å²) in [5, 5.41) is 0. The molecule has 1 aromatic rings. The molecular formula is C10H14N2O3. The maximum Gasteiger partial charge on any atom is 0.250 e.